The molecule has 0 radical (unpaired) electrons. The number of hydrogen-bond acceptors (Lipinski definition) is 4. The monoisotopic (exact) mass is 359 g/mol. The topological polar surface area (TPSA) is 62.4 Å². The molecule has 1 aromatic rings. The van der Waals surface area contributed by atoms with E-state index >= 15 is 0 Å². The van der Waals surface area contributed by atoms with Gasteiger partial charge in [-0.2, -0.15) is 0 Å². The summed E-state index contributed by atoms with van der Waals surface area (Å²) in [7, 11) is 0. The third-order valence-electron chi connectivity index (χ3n) is 2.56. The second-order valence-corrected chi connectivity index (χ2v) is 6.77. The predicted molar refractivity (Wildman–Crippen MR) is 97.6 cm³/mol. The van der Waals surface area contributed by atoms with Gasteiger partial charge in [0.2, 0.25) is 0 Å². The lowest BCUT2D eigenvalue weighted by Crippen LogP contribution is -2.34. The second-order valence-electron chi connectivity index (χ2n) is 5.92. The van der Waals surface area contributed by atoms with E-state index in [0.717, 1.165) is 5.69 Å². The Hall–Kier alpha value is -1.59. The number of amides is 1. The van der Waals surface area contributed by atoms with Crippen LogP contribution < -0.4 is 16.0 Å². The fourth-order valence-electron chi connectivity index (χ4n) is 1.76. The number of anilines is 2. The minimum absolute atomic E-state index is 0.213. The van der Waals surface area contributed by atoms with Crippen molar-refractivity contribution in [1.29, 1.82) is 0 Å². The van der Waals surface area contributed by atoms with Gasteiger partial charge in [0.1, 0.15) is 5.60 Å². The van der Waals surface area contributed by atoms with Crippen molar-refractivity contribution < 1.29 is 9.53 Å². The summed E-state index contributed by atoms with van der Waals surface area (Å²) in [6, 6.07) is 3.40. The van der Waals surface area contributed by atoms with Crippen molar-refractivity contribution in [3.63, 3.8) is 0 Å². The van der Waals surface area contributed by atoms with Crippen molar-refractivity contribution in [1.82, 2.24) is 5.32 Å². The van der Waals surface area contributed by atoms with Gasteiger partial charge in [0.25, 0.3) is 0 Å². The lowest BCUT2D eigenvalue weighted by molar-refractivity contribution is 0.0533. The number of carbonyl (C=O) groups is 1. The molecule has 3 N–H and O–H groups in total. The summed E-state index contributed by atoms with van der Waals surface area (Å²) in [5.41, 5.74) is 1.46. The Morgan fingerprint density at radius 3 is 2.52 bits per heavy atom. The molecular formula is C16H23Cl2N3O2. The Labute approximate surface area is 147 Å². The van der Waals surface area contributed by atoms with Crippen molar-refractivity contribution in [3.8, 4) is 0 Å². The van der Waals surface area contributed by atoms with Crippen molar-refractivity contribution >= 4 is 40.7 Å². The molecule has 0 saturated heterocycles. The van der Waals surface area contributed by atoms with Crippen LogP contribution in [-0.2, 0) is 4.74 Å². The zero-order valence-electron chi connectivity index (χ0n) is 13.8. The maximum absolute atomic E-state index is 11.6. The number of alkyl carbamates (subject to hydrolysis) is 1. The van der Waals surface area contributed by atoms with Crippen LogP contribution >= 0.6 is 23.2 Å². The number of ether oxygens (including phenoxy) is 1. The number of halogens is 2. The van der Waals surface area contributed by atoms with Gasteiger partial charge in [-0.05, 0) is 39.8 Å². The van der Waals surface area contributed by atoms with E-state index in [2.05, 4.69) is 22.5 Å². The highest BCUT2D eigenvalue weighted by atomic mass is 35.5. The lowest BCUT2D eigenvalue weighted by Gasteiger charge is -2.20. The van der Waals surface area contributed by atoms with E-state index < -0.39 is 11.7 Å². The van der Waals surface area contributed by atoms with Crippen molar-refractivity contribution in [2.75, 3.05) is 23.7 Å². The van der Waals surface area contributed by atoms with Gasteiger partial charge < -0.3 is 20.7 Å². The van der Waals surface area contributed by atoms with Gasteiger partial charge in [-0.3, -0.25) is 0 Å². The molecule has 0 fully saturated rings. The molecule has 1 aromatic carbocycles. The van der Waals surface area contributed by atoms with Crippen molar-refractivity contribution in [2.24, 2.45) is 0 Å². The molecule has 0 atom stereocenters. The average molecular weight is 360 g/mol. The van der Waals surface area contributed by atoms with E-state index in [1.54, 1.807) is 32.9 Å². The number of rotatable bonds is 6. The van der Waals surface area contributed by atoms with Gasteiger partial charge in [0.05, 0.1) is 22.9 Å². The first-order valence-electron chi connectivity index (χ1n) is 7.27. The molecule has 0 heterocycles. The van der Waals surface area contributed by atoms with Gasteiger partial charge in [0.15, 0.2) is 0 Å². The molecule has 0 unspecified atom stereocenters. The molecule has 5 nitrogen and oxygen atoms in total. The van der Waals surface area contributed by atoms with Gasteiger partial charge in [-0.1, -0.05) is 29.8 Å². The second kappa shape index (κ2) is 8.31. The van der Waals surface area contributed by atoms with Gasteiger partial charge >= 0.3 is 6.09 Å². The number of benzene rings is 1. The Morgan fingerprint density at radius 1 is 1.30 bits per heavy atom. The standard InChI is InChI=1S/C16H23Cl2N3O2/c1-6-19-14-12(18)7-11(17)8-13(14)21-10(2)9-20-15(22)23-16(3,4)5/h7-8,19,21H,2,6,9H2,1,3-5H3,(H,20,22). The van der Waals surface area contributed by atoms with E-state index in [4.69, 9.17) is 27.9 Å². The number of hydrogen-bond donors (Lipinski definition) is 3. The molecular weight excluding hydrogens is 337 g/mol. The molecule has 0 aliphatic rings. The summed E-state index contributed by atoms with van der Waals surface area (Å²) in [6.45, 7) is 12.2. The van der Waals surface area contributed by atoms with Crippen LogP contribution in [0.1, 0.15) is 27.7 Å². The van der Waals surface area contributed by atoms with Crippen LogP contribution in [0.4, 0.5) is 16.2 Å². The lowest BCUT2D eigenvalue weighted by atomic mass is 10.2. The third kappa shape index (κ3) is 7.01. The molecule has 0 spiro atoms. The van der Waals surface area contributed by atoms with Crippen LogP contribution in [0.25, 0.3) is 0 Å². The Kier molecular flexibility index (Phi) is 7.03. The van der Waals surface area contributed by atoms with Crippen LogP contribution in [0.2, 0.25) is 10.0 Å². The van der Waals surface area contributed by atoms with Crippen molar-refractivity contribution in [3.05, 3.63) is 34.5 Å². The van der Waals surface area contributed by atoms with Crippen LogP contribution in [-0.4, -0.2) is 24.8 Å². The number of nitrogens with one attached hydrogen (secondary N) is 3. The Morgan fingerprint density at radius 2 is 1.96 bits per heavy atom. The summed E-state index contributed by atoms with van der Waals surface area (Å²) in [5, 5.41) is 9.91. The fraction of sp³-hybridized carbons (Fsp3) is 0.438. The molecule has 1 amide bonds. The minimum atomic E-state index is -0.544. The molecule has 0 aromatic heterocycles. The van der Waals surface area contributed by atoms with Crippen LogP contribution in [0, 0.1) is 0 Å². The molecule has 0 aliphatic heterocycles. The predicted octanol–water partition coefficient (Wildman–Crippen LogP) is 4.88. The van der Waals surface area contributed by atoms with E-state index in [0.29, 0.717) is 28.0 Å². The smallest absolute Gasteiger partial charge is 0.407 e. The van der Waals surface area contributed by atoms with Gasteiger partial charge in [0, 0.05) is 17.3 Å². The molecule has 1 rings (SSSR count). The van der Waals surface area contributed by atoms with E-state index in [1.807, 2.05) is 6.92 Å². The first-order chi connectivity index (χ1) is 10.6. The van der Waals surface area contributed by atoms with Crippen molar-refractivity contribution in [2.45, 2.75) is 33.3 Å². The highest BCUT2D eigenvalue weighted by Gasteiger charge is 2.16. The van der Waals surface area contributed by atoms with E-state index in [1.165, 1.54) is 0 Å². The van der Waals surface area contributed by atoms with Crippen LogP contribution in [0.3, 0.4) is 0 Å². The summed E-state index contributed by atoms with van der Waals surface area (Å²) in [6.07, 6.45) is -0.503. The first kappa shape index (κ1) is 19.5. The Bertz CT molecular complexity index is 583. The normalized spacial score (nSPS) is 10.9. The molecule has 23 heavy (non-hydrogen) atoms. The van der Waals surface area contributed by atoms with E-state index in [9.17, 15) is 4.79 Å². The quantitative estimate of drug-likeness (QED) is 0.677. The molecule has 0 saturated carbocycles. The van der Waals surface area contributed by atoms with Gasteiger partial charge in [-0.25, -0.2) is 4.79 Å². The summed E-state index contributed by atoms with van der Waals surface area (Å²) >= 11 is 12.2. The zero-order chi connectivity index (χ0) is 17.6. The molecule has 7 heteroatoms. The summed E-state index contributed by atoms with van der Waals surface area (Å²) in [4.78, 5) is 11.6. The number of carbonyl (C=O) groups excluding carboxylic acids is 1. The van der Waals surface area contributed by atoms with Gasteiger partial charge in [-0.15, -0.1) is 0 Å². The maximum atomic E-state index is 11.6. The molecule has 128 valence electrons. The maximum Gasteiger partial charge on any atom is 0.407 e. The zero-order valence-corrected chi connectivity index (χ0v) is 15.4. The van der Waals surface area contributed by atoms with E-state index in [-0.39, 0.29) is 6.54 Å². The first-order valence-corrected chi connectivity index (χ1v) is 8.02. The Balaban J connectivity index is 2.69. The summed E-state index contributed by atoms with van der Waals surface area (Å²) < 4.78 is 5.17. The third-order valence-corrected chi connectivity index (χ3v) is 3.08. The SMILES string of the molecule is C=C(CNC(=O)OC(C)(C)C)Nc1cc(Cl)cc(Cl)c1NCC. The van der Waals surface area contributed by atoms with Crippen LogP contribution in [0.5, 0.6) is 0 Å². The minimum Gasteiger partial charge on any atom is -0.444 e. The fourth-order valence-corrected chi connectivity index (χ4v) is 2.32. The molecule has 0 aliphatic carbocycles. The average Bonchev–Trinajstić information content (AvgIpc) is 2.38. The molecule has 0 bridgehead atoms. The van der Waals surface area contributed by atoms with Crippen LogP contribution in [0.15, 0.2) is 24.4 Å². The highest BCUT2D eigenvalue weighted by Crippen LogP contribution is 2.34. The summed E-state index contributed by atoms with van der Waals surface area (Å²) in [5.74, 6) is 0. The largest absolute Gasteiger partial charge is 0.444 e. The highest BCUT2D eigenvalue weighted by molar-refractivity contribution is 6.37.